The third-order valence-electron chi connectivity index (χ3n) is 3.87. The zero-order valence-corrected chi connectivity index (χ0v) is 13.6. The van der Waals surface area contributed by atoms with Gasteiger partial charge in [0.05, 0.1) is 6.61 Å². The predicted molar refractivity (Wildman–Crippen MR) is 88.4 cm³/mol. The van der Waals surface area contributed by atoms with Crippen LogP contribution < -0.4 is 0 Å². The summed E-state index contributed by atoms with van der Waals surface area (Å²) >= 11 is 0. The minimum Gasteiger partial charge on any atom is -0.450 e. The van der Waals surface area contributed by atoms with Crippen LogP contribution in [0.5, 0.6) is 0 Å². The molecule has 0 aromatic heterocycles. The molecular formula is C19H23NO2. The lowest BCUT2D eigenvalue weighted by atomic mass is 9.79. The highest BCUT2D eigenvalue weighted by Crippen LogP contribution is 2.34. The monoisotopic (exact) mass is 297 g/mol. The van der Waals surface area contributed by atoms with Crippen molar-refractivity contribution in [2.45, 2.75) is 27.2 Å². The van der Waals surface area contributed by atoms with Crippen LogP contribution in [0.4, 0.5) is 4.79 Å². The van der Waals surface area contributed by atoms with E-state index in [1.54, 1.807) is 4.90 Å². The normalized spacial score (nSPS) is 18.5. The lowest BCUT2D eigenvalue weighted by Gasteiger charge is -2.39. The van der Waals surface area contributed by atoms with Crippen LogP contribution in [-0.4, -0.2) is 30.7 Å². The van der Waals surface area contributed by atoms with E-state index in [4.69, 9.17) is 4.74 Å². The SMILES string of the molecule is CCOC(=O)N1CC/C(=C\C#Cc2ccccc2)C(C)(C)C1. The fraction of sp³-hybridized carbons (Fsp3) is 0.421. The first-order valence-electron chi connectivity index (χ1n) is 7.71. The molecule has 1 aromatic rings. The quantitative estimate of drug-likeness (QED) is 0.737. The van der Waals surface area contributed by atoms with Gasteiger partial charge in [-0.1, -0.05) is 49.5 Å². The number of allylic oxidation sites excluding steroid dienone is 1. The number of hydrogen-bond acceptors (Lipinski definition) is 2. The number of benzene rings is 1. The van der Waals surface area contributed by atoms with Gasteiger partial charge >= 0.3 is 6.09 Å². The second-order valence-corrected chi connectivity index (χ2v) is 6.06. The highest BCUT2D eigenvalue weighted by atomic mass is 16.6. The molecule has 3 nitrogen and oxygen atoms in total. The van der Waals surface area contributed by atoms with Gasteiger partial charge in [0.25, 0.3) is 0 Å². The van der Waals surface area contributed by atoms with Gasteiger partial charge in [-0.2, -0.15) is 0 Å². The second-order valence-electron chi connectivity index (χ2n) is 6.06. The van der Waals surface area contributed by atoms with Gasteiger partial charge in [-0.3, -0.25) is 0 Å². The Bertz CT molecular complexity index is 605. The second kappa shape index (κ2) is 7.17. The zero-order chi connectivity index (χ0) is 16.0. The van der Waals surface area contributed by atoms with Crippen molar-refractivity contribution in [2.24, 2.45) is 5.41 Å². The number of rotatable bonds is 1. The molecule has 0 radical (unpaired) electrons. The predicted octanol–water partition coefficient (Wildman–Crippen LogP) is 3.85. The minimum absolute atomic E-state index is 0.0730. The van der Waals surface area contributed by atoms with Gasteiger partial charge in [-0.05, 0) is 31.6 Å². The van der Waals surface area contributed by atoms with Gasteiger partial charge in [-0.25, -0.2) is 4.79 Å². The molecule has 1 amide bonds. The Hall–Kier alpha value is -2.21. The van der Waals surface area contributed by atoms with Crippen molar-refractivity contribution < 1.29 is 9.53 Å². The van der Waals surface area contributed by atoms with Crippen LogP contribution in [0.25, 0.3) is 0 Å². The third-order valence-corrected chi connectivity index (χ3v) is 3.87. The summed E-state index contributed by atoms with van der Waals surface area (Å²) in [5, 5.41) is 0. The lowest BCUT2D eigenvalue weighted by molar-refractivity contribution is 0.0862. The van der Waals surface area contributed by atoms with Gasteiger partial charge in [0, 0.05) is 24.1 Å². The molecule has 0 atom stereocenters. The van der Waals surface area contributed by atoms with Crippen molar-refractivity contribution in [3.63, 3.8) is 0 Å². The fourth-order valence-electron chi connectivity index (χ4n) is 2.62. The third kappa shape index (κ3) is 4.14. The average Bonchev–Trinajstić information content (AvgIpc) is 2.49. The Morgan fingerprint density at radius 2 is 2.09 bits per heavy atom. The summed E-state index contributed by atoms with van der Waals surface area (Å²) in [6.07, 6.45) is 2.63. The Morgan fingerprint density at radius 3 is 2.73 bits per heavy atom. The summed E-state index contributed by atoms with van der Waals surface area (Å²) in [6, 6.07) is 9.95. The first kappa shape index (κ1) is 16.2. The molecule has 3 heteroatoms. The molecule has 1 heterocycles. The number of amides is 1. The van der Waals surface area contributed by atoms with Crippen molar-refractivity contribution >= 4 is 6.09 Å². The van der Waals surface area contributed by atoms with Crippen molar-refractivity contribution in [3.8, 4) is 11.8 Å². The molecule has 1 fully saturated rings. The molecule has 116 valence electrons. The van der Waals surface area contributed by atoms with Crippen LogP contribution in [0.2, 0.25) is 0 Å². The molecular weight excluding hydrogens is 274 g/mol. The molecule has 1 saturated heterocycles. The highest BCUT2D eigenvalue weighted by molar-refractivity contribution is 5.68. The maximum absolute atomic E-state index is 11.8. The van der Waals surface area contributed by atoms with E-state index in [9.17, 15) is 4.79 Å². The van der Waals surface area contributed by atoms with E-state index in [0.29, 0.717) is 19.7 Å². The van der Waals surface area contributed by atoms with Gasteiger partial charge in [0.2, 0.25) is 0 Å². The summed E-state index contributed by atoms with van der Waals surface area (Å²) in [4.78, 5) is 13.6. The zero-order valence-electron chi connectivity index (χ0n) is 13.6. The van der Waals surface area contributed by atoms with Crippen molar-refractivity contribution in [1.29, 1.82) is 0 Å². The Kier molecular flexibility index (Phi) is 5.27. The number of likely N-dealkylation sites (tertiary alicyclic amines) is 1. The molecule has 0 N–H and O–H groups in total. The summed E-state index contributed by atoms with van der Waals surface area (Å²) in [6.45, 7) is 7.91. The summed E-state index contributed by atoms with van der Waals surface area (Å²) in [5.74, 6) is 6.30. The maximum atomic E-state index is 11.8. The van der Waals surface area contributed by atoms with E-state index in [1.165, 1.54) is 5.57 Å². The van der Waals surface area contributed by atoms with E-state index in [0.717, 1.165) is 12.0 Å². The fourth-order valence-corrected chi connectivity index (χ4v) is 2.62. The standard InChI is InChI=1S/C19H23NO2/c1-4-22-18(21)20-14-13-17(19(2,3)15-20)12-8-11-16-9-6-5-7-10-16/h5-7,9-10,12H,4,13-15H2,1-3H3/b17-12+. The van der Waals surface area contributed by atoms with Gasteiger partial charge in [-0.15, -0.1) is 0 Å². The number of nitrogens with zero attached hydrogens (tertiary/aromatic N) is 1. The van der Waals surface area contributed by atoms with Crippen LogP contribution >= 0.6 is 0 Å². The van der Waals surface area contributed by atoms with Crippen molar-refractivity contribution in [3.05, 3.63) is 47.5 Å². The largest absolute Gasteiger partial charge is 0.450 e. The molecule has 2 rings (SSSR count). The lowest BCUT2D eigenvalue weighted by Crippen LogP contribution is -2.45. The molecule has 0 aliphatic carbocycles. The van der Waals surface area contributed by atoms with E-state index >= 15 is 0 Å². The molecule has 1 aliphatic heterocycles. The average molecular weight is 297 g/mol. The number of ether oxygens (including phenoxy) is 1. The molecule has 0 unspecified atom stereocenters. The van der Waals surface area contributed by atoms with Crippen LogP contribution in [-0.2, 0) is 4.74 Å². The summed E-state index contributed by atoms with van der Waals surface area (Å²) in [7, 11) is 0. The van der Waals surface area contributed by atoms with E-state index in [2.05, 4.69) is 25.7 Å². The number of carbonyl (C=O) groups excluding carboxylic acids is 1. The topological polar surface area (TPSA) is 29.5 Å². The van der Waals surface area contributed by atoms with Crippen LogP contribution in [0.15, 0.2) is 42.0 Å². The first-order chi connectivity index (χ1) is 10.5. The van der Waals surface area contributed by atoms with Gasteiger partial charge in [0.15, 0.2) is 0 Å². The molecule has 1 aromatic carbocycles. The van der Waals surface area contributed by atoms with Crippen LogP contribution in [0.1, 0.15) is 32.8 Å². The van der Waals surface area contributed by atoms with E-state index < -0.39 is 0 Å². The molecule has 22 heavy (non-hydrogen) atoms. The Balaban J connectivity index is 2.06. The van der Waals surface area contributed by atoms with Crippen molar-refractivity contribution in [1.82, 2.24) is 4.90 Å². The van der Waals surface area contributed by atoms with Crippen molar-refractivity contribution in [2.75, 3.05) is 19.7 Å². The van der Waals surface area contributed by atoms with E-state index in [1.807, 2.05) is 43.3 Å². The summed E-state index contributed by atoms with van der Waals surface area (Å²) < 4.78 is 5.09. The molecule has 0 spiro atoms. The maximum Gasteiger partial charge on any atom is 0.409 e. The smallest absolute Gasteiger partial charge is 0.409 e. The summed E-state index contributed by atoms with van der Waals surface area (Å²) in [5.41, 5.74) is 2.23. The number of carbonyl (C=O) groups is 1. The molecule has 0 saturated carbocycles. The first-order valence-corrected chi connectivity index (χ1v) is 7.71. The number of piperidine rings is 1. The number of hydrogen-bond donors (Lipinski definition) is 0. The minimum atomic E-state index is -0.218. The van der Waals surface area contributed by atoms with Crippen LogP contribution in [0, 0.1) is 17.3 Å². The highest BCUT2D eigenvalue weighted by Gasteiger charge is 2.33. The molecule has 0 bridgehead atoms. The molecule has 1 aliphatic rings. The van der Waals surface area contributed by atoms with Gasteiger partial charge < -0.3 is 9.64 Å². The Labute approximate surface area is 133 Å². The Morgan fingerprint density at radius 1 is 1.36 bits per heavy atom. The van der Waals surface area contributed by atoms with Gasteiger partial charge in [0.1, 0.15) is 0 Å². The van der Waals surface area contributed by atoms with E-state index in [-0.39, 0.29) is 11.5 Å². The van der Waals surface area contributed by atoms with Crippen LogP contribution in [0.3, 0.4) is 0 Å².